The zero-order valence-electron chi connectivity index (χ0n) is 10.5. The minimum Gasteiger partial charge on any atom is -0.358 e. The van der Waals surface area contributed by atoms with Crippen LogP contribution in [0.1, 0.15) is 37.4 Å². The molecule has 0 bridgehead atoms. The normalized spacial score (nSPS) is 13.6. The first kappa shape index (κ1) is 16.0. The second kappa shape index (κ2) is 5.91. The van der Waals surface area contributed by atoms with E-state index in [0.29, 0.717) is 0 Å². The Morgan fingerprint density at radius 3 is 2.30 bits per heavy atom. The maximum Gasteiger partial charge on any atom is 0.389 e. The van der Waals surface area contributed by atoms with E-state index in [2.05, 4.69) is 9.68 Å². The maximum absolute atomic E-state index is 12.9. The van der Waals surface area contributed by atoms with Crippen LogP contribution in [0.5, 0.6) is 0 Å². The monoisotopic (exact) mass is 289 g/mol. The van der Waals surface area contributed by atoms with Gasteiger partial charge in [0, 0.05) is 18.9 Å². The van der Waals surface area contributed by atoms with Gasteiger partial charge in [-0.25, -0.2) is 4.39 Å². The van der Waals surface area contributed by atoms with Crippen molar-refractivity contribution in [3.63, 3.8) is 0 Å². The summed E-state index contributed by atoms with van der Waals surface area (Å²) in [5, 5.41) is 21.4. The van der Waals surface area contributed by atoms with E-state index >= 15 is 0 Å². The van der Waals surface area contributed by atoms with E-state index < -0.39 is 30.6 Å². The van der Waals surface area contributed by atoms with Gasteiger partial charge in [0.25, 0.3) is 0 Å². The van der Waals surface area contributed by atoms with Crippen LogP contribution in [0.25, 0.3) is 0 Å². The van der Waals surface area contributed by atoms with Crippen molar-refractivity contribution < 1.29 is 22.1 Å². The van der Waals surface area contributed by atoms with Crippen molar-refractivity contribution in [2.24, 2.45) is 5.41 Å². The molecule has 0 N–H and O–H groups in total. The molecule has 0 saturated carbocycles. The van der Waals surface area contributed by atoms with E-state index in [0.717, 1.165) is 0 Å². The van der Waals surface area contributed by atoms with Crippen molar-refractivity contribution in [3.8, 4) is 12.1 Å². The molecule has 0 radical (unpaired) electrons. The number of aromatic nitrogens is 1. The molecule has 0 spiro atoms. The van der Waals surface area contributed by atoms with Crippen LogP contribution in [0.15, 0.2) is 10.6 Å². The van der Waals surface area contributed by atoms with Gasteiger partial charge < -0.3 is 4.52 Å². The average molecular weight is 289 g/mol. The van der Waals surface area contributed by atoms with Crippen molar-refractivity contribution in [2.75, 3.05) is 0 Å². The molecule has 0 aliphatic rings. The van der Waals surface area contributed by atoms with Crippen LogP contribution in [0.2, 0.25) is 0 Å². The van der Waals surface area contributed by atoms with Crippen LogP contribution in [-0.2, 0) is 6.42 Å². The second-order valence-corrected chi connectivity index (χ2v) is 4.43. The third-order valence-corrected chi connectivity index (χ3v) is 2.72. The molecule has 0 saturated heterocycles. The highest BCUT2D eigenvalue weighted by Gasteiger charge is 2.38. The average Bonchev–Trinajstić information content (AvgIpc) is 2.82. The predicted molar refractivity (Wildman–Crippen MR) is 58.7 cm³/mol. The van der Waals surface area contributed by atoms with Crippen LogP contribution < -0.4 is 0 Å². The second-order valence-electron chi connectivity index (χ2n) is 4.43. The van der Waals surface area contributed by atoms with Gasteiger partial charge in [-0.3, -0.25) is 0 Å². The number of hydrogen-bond acceptors (Lipinski definition) is 4. The van der Waals surface area contributed by atoms with Gasteiger partial charge in [0.05, 0.1) is 17.8 Å². The van der Waals surface area contributed by atoms with Crippen LogP contribution >= 0.6 is 0 Å². The number of nitrogens with zero attached hydrogens (tertiary/aromatic N) is 3. The summed E-state index contributed by atoms with van der Waals surface area (Å²) in [5.74, 6) is -0.0967. The molecule has 1 unspecified atom stereocenters. The summed E-state index contributed by atoms with van der Waals surface area (Å²) < 4.78 is 54.2. The number of hydrogen-bond donors (Lipinski definition) is 0. The van der Waals surface area contributed by atoms with Gasteiger partial charge in [-0.05, 0) is 13.3 Å². The summed E-state index contributed by atoms with van der Waals surface area (Å²) in [6, 6.07) is 4.37. The number of rotatable bonds is 5. The molecule has 1 atom stereocenters. The summed E-state index contributed by atoms with van der Waals surface area (Å²) in [7, 11) is 0. The van der Waals surface area contributed by atoms with E-state index in [4.69, 9.17) is 10.5 Å². The quantitative estimate of drug-likeness (QED) is 0.776. The van der Waals surface area contributed by atoms with Crippen molar-refractivity contribution in [1.82, 2.24) is 5.16 Å². The Hall–Kier alpha value is -2.09. The molecular formula is C12H11F4N3O. The minimum absolute atomic E-state index is 0.0785. The Morgan fingerprint density at radius 1 is 1.30 bits per heavy atom. The highest BCUT2D eigenvalue weighted by Crippen LogP contribution is 2.33. The Kier molecular flexibility index (Phi) is 4.72. The Labute approximate surface area is 112 Å². The first-order chi connectivity index (χ1) is 9.21. The molecule has 1 aromatic rings. The molecule has 8 heteroatoms. The summed E-state index contributed by atoms with van der Waals surface area (Å²) in [5.41, 5.74) is -1.78. The van der Waals surface area contributed by atoms with Gasteiger partial charge in [-0.1, -0.05) is 5.16 Å². The summed E-state index contributed by atoms with van der Waals surface area (Å²) in [4.78, 5) is 0. The van der Waals surface area contributed by atoms with Crippen molar-refractivity contribution in [3.05, 3.63) is 17.5 Å². The van der Waals surface area contributed by atoms with Crippen LogP contribution in [-0.4, -0.2) is 11.3 Å². The third-order valence-electron chi connectivity index (χ3n) is 2.72. The maximum atomic E-state index is 12.9. The van der Waals surface area contributed by atoms with E-state index in [9.17, 15) is 17.6 Å². The lowest BCUT2D eigenvalue weighted by atomic mass is 9.81. The fourth-order valence-corrected chi connectivity index (χ4v) is 1.57. The molecule has 0 aliphatic heterocycles. The fraction of sp³-hybridized carbons (Fsp3) is 0.583. The predicted octanol–water partition coefficient (Wildman–Crippen LogP) is 3.62. The lowest BCUT2D eigenvalue weighted by molar-refractivity contribution is -0.138. The number of nitriles is 2. The summed E-state index contributed by atoms with van der Waals surface area (Å²) in [6.07, 6.45) is -8.15. The molecule has 1 heterocycles. The van der Waals surface area contributed by atoms with Gasteiger partial charge in [0.15, 0.2) is 11.9 Å². The Morgan fingerprint density at radius 2 is 1.90 bits per heavy atom. The Bertz CT molecular complexity index is 522. The van der Waals surface area contributed by atoms with Crippen LogP contribution in [0.4, 0.5) is 17.6 Å². The molecule has 4 nitrogen and oxygen atoms in total. The molecule has 20 heavy (non-hydrogen) atoms. The highest BCUT2D eigenvalue weighted by molar-refractivity contribution is 5.20. The lowest BCUT2D eigenvalue weighted by Gasteiger charge is -2.17. The molecule has 1 aromatic heterocycles. The SMILES string of the molecule is CC(F)c1cc(CC(C#N)(C#N)CCC(F)(F)F)no1. The van der Waals surface area contributed by atoms with E-state index in [1.165, 1.54) is 13.0 Å². The lowest BCUT2D eigenvalue weighted by Crippen LogP contribution is -2.23. The first-order valence-corrected chi connectivity index (χ1v) is 5.70. The zero-order valence-corrected chi connectivity index (χ0v) is 10.5. The first-order valence-electron chi connectivity index (χ1n) is 5.70. The summed E-state index contributed by atoms with van der Waals surface area (Å²) >= 11 is 0. The van der Waals surface area contributed by atoms with Crippen LogP contribution in [0.3, 0.4) is 0 Å². The highest BCUT2D eigenvalue weighted by atomic mass is 19.4. The standard InChI is InChI=1S/C12H11F4N3O/c1-8(13)10-4-9(19-20-10)5-11(6-17,7-18)2-3-12(14,15)16/h4,8H,2-3,5H2,1H3. The minimum atomic E-state index is -4.46. The van der Waals surface area contributed by atoms with Gasteiger partial charge in [0.1, 0.15) is 5.41 Å². The largest absolute Gasteiger partial charge is 0.389 e. The van der Waals surface area contributed by atoms with Crippen molar-refractivity contribution >= 4 is 0 Å². The molecular weight excluding hydrogens is 278 g/mol. The number of halogens is 4. The zero-order chi connectivity index (χ0) is 15.4. The van der Waals surface area contributed by atoms with Gasteiger partial charge in [-0.15, -0.1) is 0 Å². The van der Waals surface area contributed by atoms with Gasteiger partial charge >= 0.3 is 6.18 Å². The molecule has 1 rings (SSSR count). The molecule has 0 aliphatic carbocycles. The van der Waals surface area contributed by atoms with Crippen molar-refractivity contribution in [2.45, 2.75) is 38.5 Å². The molecule has 108 valence electrons. The molecule has 0 amide bonds. The number of alkyl halides is 4. The molecule has 0 aromatic carbocycles. The fourth-order valence-electron chi connectivity index (χ4n) is 1.57. The van der Waals surface area contributed by atoms with E-state index in [1.54, 1.807) is 12.1 Å². The topological polar surface area (TPSA) is 73.6 Å². The van der Waals surface area contributed by atoms with Crippen LogP contribution in [0, 0.1) is 28.1 Å². The summed E-state index contributed by atoms with van der Waals surface area (Å²) in [6.45, 7) is 1.20. The molecule has 0 fully saturated rings. The smallest absolute Gasteiger partial charge is 0.358 e. The third kappa shape index (κ3) is 4.23. The van der Waals surface area contributed by atoms with E-state index in [1.807, 2.05) is 0 Å². The van der Waals surface area contributed by atoms with Crippen molar-refractivity contribution in [1.29, 1.82) is 10.5 Å². The van der Waals surface area contributed by atoms with Gasteiger partial charge in [-0.2, -0.15) is 23.7 Å². The van der Waals surface area contributed by atoms with E-state index in [-0.39, 0.29) is 17.9 Å². The van der Waals surface area contributed by atoms with Gasteiger partial charge in [0.2, 0.25) is 0 Å². The Balaban J connectivity index is 2.86.